The molecule has 2 atom stereocenters. The minimum absolute atomic E-state index is 0.0151. The first-order valence-electron chi connectivity index (χ1n) is 12.5. The Kier molecular flexibility index (Phi) is 10.5. The third-order valence-corrected chi connectivity index (χ3v) is 6.00. The number of ether oxygens (including phenoxy) is 1. The molecule has 2 rings (SSSR count). The van der Waals surface area contributed by atoms with Gasteiger partial charge in [0.05, 0.1) is 6.42 Å². The molecule has 9 nitrogen and oxygen atoms in total. The first-order valence-corrected chi connectivity index (χ1v) is 12.5. The molecular formula is C27H40N4O5. The highest BCUT2D eigenvalue weighted by Gasteiger charge is 2.37. The predicted octanol–water partition coefficient (Wildman–Crippen LogP) is 3.27. The van der Waals surface area contributed by atoms with Crippen molar-refractivity contribution in [2.24, 2.45) is 5.73 Å². The van der Waals surface area contributed by atoms with Crippen LogP contribution in [-0.4, -0.2) is 52.9 Å². The second kappa shape index (κ2) is 13.1. The monoisotopic (exact) mass is 500 g/mol. The number of nitrogens with two attached hydrogens (primary N) is 1. The highest BCUT2D eigenvalue weighted by Crippen LogP contribution is 2.27. The molecule has 0 bridgehead atoms. The maximum atomic E-state index is 13.8. The molecule has 4 N–H and O–H groups in total. The van der Waals surface area contributed by atoms with Crippen molar-refractivity contribution < 1.29 is 23.9 Å². The van der Waals surface area contributed by atoms with Crippen molar-refractivity contribution in [2.75, 3.05) is 6.54 Å². The Morgan fingerprint density at radius 3 is 2.36 bits per heavy atom. The average molecular weight is 501 g/mol. The zero-order valence-corrected chi connectivity index (χ0v) is 21.8. The Bertz CT molecular complexity index is 950. The van der Waals surface area contributed by atoms with E-state index >= 15 is 0 Å². The quantitative estimate of drug-likeness (QED) is 0.425. The Morgan fingerprint density at radius 1 is 1.17 bits per heavy atom. The van der Waals surface area contributed by atoms with E-state index in [0.29, 0.717) is 5.56 Å². The molecule has 1 aliphatic carbocycles. The Labute approximate surface area is 213 Å². The molecule has 4 amide bonds. The van der Waals surface area contributed by atoms with Crippen LogP contribution < -0.4 is 16.4 Å². The highest BCUT2D eigenvalue weighted by atomic mass is 16.6. The summed E-state index contributed by atoms with van der Waals surface area (Å²) in [5.74, 6) is -1.73. The number of rotatable bonds is 10. The standard InChI is InChI=1S/C27H40N4O5/c1-6-16-31(25(34)21(17-22(28)32)30-26(35)36-27(3,4)5)23(20-15-11-10-12-18(20)2)24(33)29-19-13-8-7-9-14-19/h6,10-12,15,19,21,23H,1,7-9,13-14,16-17H2,2-5H3,(H2,28,32)(H,29,33)(H,30,35). The third kappa shape index (κ3) is 8.70. The summed E-state index contributed by atoms with van der Waals surface area (Å²) in [6.45, 7) is 10.7. The van der Waals surface area contributed by atoms with Crippen molar-refractivity contribution in [3.8, 4) is 0 Å². The van der Waals surface area contributed by atoms with Gasteiger partial charge in [-0.05, 0) is 51.7 Å². The fourth-order valence-corrected chi connectivity index (χ4v) is 4.38. The molecule has 0 saturated heterocycles. The van der Waals surface area contributed by atoms with Gasteiger partial charge in [0.1, 0.15) is 17.7 Å². The van der Waals surface area contributed by atoms with Crippen LogP contribution in [0.1, 0.15) is 76.5 Å². The first-order chi connectivity index (χ1) is 16.9. The van der Waals surface area contributed by atoms with E-state index < -0.39 is 42.0 Å². The van der Waals surface area contributed by atoms with Gasteiger partial charge in [0.15, 0.2) is 0 Å². The summed E-state index contributed by atoms with van der Waals surface area (Å²) in [5, 5.41) is 5.58. The fourth-order valence-electron chi connectivity index (χ4n) is 4.38. The fraction of sp³-hybridized carbons (Fsp3) is 0.556. The normalized spacial score (nSPS) is 15.8. The van der Waals surface area contributed by atoms with E-state index in [1.54, 1.807) is 32.9 Å². The van der Waals surface area contributed by atoms with Gasteiger partial charge in [0.25, 0.3) is 0 Å². The van der Waals surface area contributed by atoms with Crippen LogP contribution in [0, 0.1) is 6.92 Å². The molecule has 36 heavy (non-hydrogen) atoms. The lowest BCUT2D eigenvalue weighted by molar-refractivity contribution is -0.143. The van der Waals surface area contributed by atoms with E-state index in [4.69, 9.17) is 10.5 Å². The molecule has 0 aromatic heterocycles. The van der Waals surface area contributed by atoms with Gasteiger partial charge in [-0.2, -0.15) is 0 Å². The van der Waals surface area contributed by atoms with Crippen molar-refractivity contribution in [1.29, 1.82) is 0 Å². The smallest absolute Gasteiger partial charge is 0.408 e. The molecule has 0 radical (unpaired) electrons. The van der Waals surface area contributed by atoms with Gasteiger partial charge in [-0.15, -0.1) is 6.58 Å². The molecule has 1 aliphatic rings. The predicted molar refractivity (Wildman–Crippen MR) is 138 cm³/mol. The van der Waals surface area contributed by atoms with Crippen LogP contribution in [0.15, 0.2) is 36.9 Å². The molecular weight excluding hydrogens is 460 g/mol. The van der Waals surface area contributed by atoms with Gasteiger partial charge >= 0.3 is 6.09 Å². The van der Waals surface area contributed by atoms with E-state index in [2.05, 4.69) is 17.2 Å². The van der Waals surface area contributed by atoms with Crippen molar-refractivity contribution in [3.05, 3.63) is 48.0 Å². The lowest BCUT2D eigenvalue weighted by Crippen LogP contribution is -2.54. The maximum absolute atomic E-state index is 13.8. The van der Waals surface area contributed by atoms with Crippen molar-refractivity contribution in [3.63, 3.8) is 0 Å². The van der Waals surface area contributed by atoms with E-state index in [1.807, 2.05) is 19.1 Å². The summed E-state index contributed by atoms with van der Waals surface area (Å²) in [5.41, 5.74) is 6.07. The van der Waals surface area contributed by atoms with E-state index in [0.717, 1.165) is 37.7 Å². The van der Waals surface area contributed by atoms with E-state index in [1.165, 1.54) is 11.0 Å². The lowest BCUT2D eigenvalue weighted by Gasteiger charge is -2.35. The molecule has 0 aliphatic heterocycles. The van der Waals surface area contributed by atoms with Gasteiger partial charge in [-0.1, -0.05) is 49.6 Å². The second-order valence-electron chi connectivity index (χ2n) is 10.3. The van der Waals surface area contributed by atoms with Crippen LogP contribution in [-0.2, 0) is 19.1 Å². The zero-order valence-electron chi connectivity index (χ0n) is 21.8. The average Bonchev–Trinajstić information content (AvgIpc) is 2.78. The summed E-state index contributed by atoms with van der Waals surface area (Å²) < 4.78 is 5.28. The summed E-state index contributed by atoms with van der Waals surface area (Å²) in [6, 6.07) is 5.05. The number of primary amides is 1. The number of carbonyl (C=O) groups excluding carboxylic acids is 4. The summed E-state index contributed by atoms with van der Waals surface area (Å²) in [7, 11) is 0. The van der Waals surface area contributed by atoms with Crippen LogP contribution in [0.2, 0.25) is 0 Å². The number of nitrogens with zero attached hydrogens (tertiary/aromatic N) is 1. The first kappa shape index (κ1) is 28.9. The molecule has 1 aromatic rings. The number of benzene rings is 1. The molecule has 0 spiro atoms. The SMILES string of the molecule is C=CCN(C(=O)C(CC(N)=O)NC(=O)OC(C)(C)C)C(C(=O)NC1CCCCC1)c1ccccc1C. The van der Waals surface area contributed by atoms with Gasteiger partial charge in [0, 0.05) is 12.6 Å². The number of carbonyl (C=O) groups is 4. The number of amides is 4. The number of aryl methyl sites for hydroxylation is 1. The Balaban J connectivity index is 2.44. The Morgan fingerprint density at radius 2 is 1.81 bits per heavy atom. The summed E-state index contributed by atoms with van der Waals surface area (Å²) in [4.78, 5) is 53.1. The van der Waals surface area contributed by atoms with Crippen LogP contribution >= 0.6 is 0 Å². The van der Waals surface area contributed by atoms with E-state index in [-0.39, 0.29) is 18.5 Å². The number of hydrogen-bond acceptors (Lipinski definition) is 5. The molecule has 0 heterocycles. The maximum Gasteiger partial charge on any atom is 0.408 e. The van der Waals surface area contributed by atoms with Crippen molar-refractivity contribution >= 4 is 23.8 Å². The van der Waals surface area contributed by atoms with Crippen molar-refractivity contribution in [2.45, 2.75) is 89.9 Å². The highest BCUT2D eigenvalue weighted by molar-refractivity contribution is 5.94. The zero-order chi connectivity index (χ0) is 26.9. The number of hydrogen-bond donors (Lipinski definition) is 3. The number of alkyl carbamates (subject to hydrolysis) is 1. The minimum atomic E-state index is -1.31. The number of nitrogens with one attached hydrogen (secondary N) is 2. The minimum Gasteiger partial charge on any atom is -0.444 e. The lowest BCUT2D eigenvalue weighted by atomic mass is 9.93. The van der Waals surface area contributed by atoms with Crippen LogP contribution in [0.5, 0.6) is 0 Å². The topological polar surface area (TPSA) is 131 Å². The van der Waals surface area contributed by atoms with Crippen LogP contribution in [0.4, 0.5) is 4.79 Å². The molecule has 2 unspecified atom stereocenters. The largest absolute Gasteiger partial charge is 0.444 e. The van der Waals surface area contributed by atoms with Gasteiger partial charge < -0.3 is 26.0 Å². The van der Waals surface area contributed by atoms with Crippen LogP contribution in [0.25, 0.3) is 0 Å². The third-order valence-electron chi connectivity index (χ3n) is 6.00. The van der Waals surface area contributed by atoms with E-state index in [9.17, 15) is 19.2 Å². The summed E-state index contributed by atoms with van der Waals surface area (Å²) >= 11 is 0. The van der Waals surface area contributed by atoms with Gasteiger partial charge in [-0.25, -0.2) is 4.79 Å². The molecule has 1 fully saturated rings. The van der Waals surface area contributed by atoms with Gasteiger partial charge in [0.2, 0.25) is 17.7 Å². The second-order valence-corrected chi connectivity index (χ2v) is 10.3. The molecule has 1 aromatic carbocycles. The Hall–Kier alpha value is -3.36. The molecule has 1 saturated carbocycles. The van der Waals surface area contributed by atoms with Crippen LogP contribution in [0.3, 0.4) is 0 Å². The molecule has 198 valence electrons. The summed E-state index contributed by atoms with van der Waals surface area (Å²) in [6.07, 6.45) is 5.17. The van der Waals surface area contributed by atoms with Crippen molar-refractivity contribution in [1.82, 2.24) is 15.5 Å². The van der Waals surface area contributed by atoms with Gasteiger partial charge in [-0.3, -0.25) is 14.4 Å². The molecule has 9 heteroatoms.